The van der Waals surface area contributed by atoms with Crippen LogP contribution >= 0.6 is 0 Å². The SMILES string of the molecule is CC1(C)CCCCN1.Cc1nocc1-c1ccc2c(-c3nc(N)ncc3C(F)(F)F)[nH]nc2n1. The van der Waals surface area contributed by atoms with Crippen molar-refractivity contribution in [3.05, 3.63) is 35.9 Å². The van der Waals surface area contributed by atoms with E-state index in [0.717, 1.165) is 0 Å². The van der Waals surface area contributed by atoms with Gasteiger partial charge in [0.25, 0.3) is 0 Å². The Labute approximate surface area is 193 Å². The standard InChI is InChI=1S/C15H10F3N7O.C7H15N/c1-6-8(5-26-25-6)10-3-2-7-11(23-24-13(7)21-10)12-9(15(16,17)18)4-20-14(19)22-12;1-7(2)5-3-4-6-8-7/h2-5H,1H3,(H2,19,20,22)(H,21,23,24);8H,3-6H2,1-2H3. The lowest BCUT2D eigenvalue weighted by Gasteiger charge is -2.30. The number of hydrogen-bond acceptors (Lipinski definition) is 8. The zero-order valence-electron chi connectivity index (χ0n) is 19.0. The molecule has 12 heteroatoms. The van der Waals surface area contributed by atoms with Crippen LogP contribution in [0.2, 0.25) is 0 Å². The van der Waals surface area contributed by atoms with Crippen LogP contribution in [0.4, 0.5) is 19.1 Å². The molecule has 9 nitrogen and oxygen atoms in total. The number of aryl methyl sites for hydroxylation is 1. The number of nitrogens with one attached hydrogen (secondary N) is 2. The number of piperidine rings is 1. The van der Waals surface area contributed by atoms with Crippen LogP contribution < -0.4 is 11.1 Å². The Hall–Kier alpha value is -3.54. The van der Waals surface area contributed by atoms with Gasteiger partial charge in [-0.15, -0.1) is 0 Å². The van der Waals surface area contributed by atoms with Crippen molar-refractivity contribution in [1.82, 2.24) is 35.6 Å². The van der Waals surface area contributed by atoms with E-state index in [1.807, 2.05) is 0 Å². The third kappa shape index (κ3) is 5.01. The van der Waals surface area contributed by atoms with Crippen LogP contribution in [-0.2, 0) is 6.18 Å². The van der Waals surface area contributed by atoms with Crippen LogP contribution in [0.25, 0.3) is 33.7 Å². The lowest BCUT2D eigenvalue weighted by Crippen LogP contribution is -2.42. The van der Waals surface area contributed by atoms with E-state index in [1.54, 1.807) is 19.1 Å². The van der Waals surface area contributed by atoms with Crippen LogP contribution in [0.5, 0.6) is 0 Å². The molecule has 0 spiro atoms. The highest BCUT2D eigenvalue weighted by Crippen LogP contribution is 2.37. The highest BCUT2D eigenvalue weighted by molar-refractivity contribution is 5.92. The molecule has 1 fully saturated rings. The van der Waals surface area contributed by atoms with E-state index in [-0.39, 0.29) is 23.0 Å². The van der Waals surface area contributed by atoms with Crippen molar-refractivity contribution in [1.29, 1.82) is 0 Å². The molecule has 0 bridgehead atoms. The number of H-pyrrole nitrogens is 1. The predicted octanol–water partition coefficient (Wildman–Crippen LogP) is 4.52. The van der Waals surface area contributed by atoms with Gasteiger partial charge in [-0.3, -0.25) is 5.10 Å². The third-order valence-corrected chi connectivity index (χ3v) is 5.63. The summed E-state index contributed by atoms with van der Waals surface area (Å²) in [5, 5.41) is 14.2. The number of halogens is 3. The second-order valence-corrected chi connectivity index (χ2v) is 8.74. The summed E-state index contributed by atoms with van der Waals surface area (Å²) in [7, 11) is 0. The minimum absolute atomic E-state index is 0.0579. The summed E-state index contributed by atoms with van der Waals surface area (Å²) in [5.74, 6) is -0.277. The average Bonchev–Trinajstić information content (AvgIpc) is 3.38. The molecule has 0 saturated carbocycles. The van der Waals surface area contributed by atoms with E-state index >= 15 is 0 Å². The van der Waals surface area contributed by atoms with Gasteiger partial charge in [-0.05, 0) is 52.3 Å². The van der Waals surface area contributed by atoms with Gasteiger partial charge in [0.1, 0.15) is 17.5 Å². The van der Waals surface area contributed by atoms with Crippen LogP contribution in [0.15, 0.2) is 29.1 Å². The van der Waals surface area contributed by atoms with E-state index < -0.39 is 11.7 Å². The molecular weight excluding hydrogens is 449 g/mol. The molecule has 1 aliphatic rings. The van der Waals surface area contributed by atoms with Crippen molar-refractivity contribution in [2.24, 2.45) is 0 Å². The fourth-order valence-corrected chi connectivity index (χ4v) is 3.77. The monoisotopic (exact) mass is 474 g/mol. The molecule has 5 heterocycles. The van der Waals surface area contributed by atoms with Gasteiger partial charge in [-0.2, -0.15) is 18.3 Å². The third-order valence-electron chi connectivity index (χ3n) is 5.63. The van der Waals surface area contributed by atoms with Gasteiger partial charge < -0.3 is 15.6 Å². The number of pyridine rings is 1. The maximum atomic E-state index is 13.3. The zero-order chi connectivity index (χ0) is 24.5. The first-order chi connectivity index (χ1) is 16.0. The number of nitrogen functional groups attached to an aromatic ring is 1. The van der Waals surface area contributed by atoms with Gasteiger partial charge in [-0.25, -0.2) is 15.0 Å². The molecule has 0 aliphatic carbocycles. The predicted molar refractivity (Wildman–Crippen MR) is 120 cm³/mol. The molecule has 5 rings (SSSR count). The van der Waals surface area contributed by atoms with Crippen molar-refractivity contribution in [3.63, 3.8) is 0 Å². The number of nitrogens with two attached hydrogens (primary N) is 1. The minimum atomic E-state index is -4.65. The van der Waals surface area contributed by atoms with Gasteiger partial charge >= 0.3 is 6.18 Å². The number of hydrogen-bond donors (Lipinski definition) is 3. The number of aromatic amines is 1. The highest BCUT2D eigenvalue weighted by Gasteiger charge is 2.36. The normalized spacial score (nSPS) is 15.7. The van der Waals surface area contributed by atoms with Crippen molar-refractivity contribution in [2.75, 3.05) is 12.3 Å². The molecule has 0 amide bonds. The molecule has 34 heavy (non-hydrogen) atoms. The maximum Gasteiger partial charge on any atom is 0.420 e. The van der Waals surface area contributed by atoms with Gasteiger partial charge in [0.15, 0.2) is 5.65 Å². The molecule has 0 unspecified atom stereocenters. The number of aromatic nitrogens is 6. The second-order valence-electron chi connectivity index (χ2n) is 8.74. The first kappa shape index (κ1) is 23.6. The summed E-state index contributed by atoms with van der Waals surface area (Å²) < 4.78 is 44.7. The summed E-state index contributed by atoms with van der Waals surface area (Å²) in [6.45, 7) is 7.51. The smallest absolute Gasteiger partial charge is 0.368 e. The topological polar surface area (TPSA) is 131 Å². The molecule has 0 atom stereocenters. The van der Waals surface area contributed by atoms with Crippen molar-refractivity contribution < 1.29 is 17.7 Å². The number of rotatable bonds is 2. The van der Waals surface area contributed by atoms with Gasteiger partial charge in [-0.1, -0.05) is 11.6 Å². The summed E-state index contributed by atoms with van der Waals surface area (Å²) in [6, 6.07) is 3.24. The fourth-order valence-electron chi connectivity index (χ4n) is 3.77. The van der Waals surface area contributed by atoms with Crippen LogP contribution in [0.1, 0.15) is 44.4 Å². The Morgan fingerprint density at radius 3 is 2.53 bits per heavy atom. The van der Waals surface area contributed by atoms with E-state index in [4.69, 9.17) is 10.3 Å². The van der Waals surface area contributed by atoms with Gasteiger partial charge in [0.05, 0.1) is 22.6 Å². The first-order valence-electron chi connectivity index (χ1n) is 10.8. The summed E-state index contributed by atoms with van der Waals surface area (Å²) in [4.78, 5) is 11.5. The van der Waals surface area contributed by atoms with Crippen LogP contribution in [-0.4, -0.2) is 42.4 Å². The number of alkyl halides is 3. The van der Waals surface area contributed by atoms with Gasteiger partial charge in [0, 0.05) is 17.1 Å². The largest absolute Gasteiger partial charge is 0.420 e. The van der Waals surface area contributed by atoms with Crippen molar-refractivity contribution >= 4 is 17.0 Å². The zero-order valence-corrected chi connectivity index (χ0v) is 19.0. The van der Waals surface area contributed by atoms with Crippen molar-refractivity contribution in [3.8, 4) is 22.6 Å². The molecule has 1 aliphatic heterocycles. The molecular formula is C22H25F3N8O. The summed E-state index contributed by atoms with van der Waals surface area (Å²) in [5.41, 5.74) is 6.61. The van der Waals surface area contributed by atoms with E-state index in [0.29, 0.717) is 34.1 Å². The number of fused-ring (bicyclic) bond motifs is 1. The Bertz CT molecular complexity index is 1290. The molecule has 4 aromatic heterocycles. The second kappa shape index (κ2) is 9.01. The summed E-state index contributed by atoms with van der Waals surface area (Å²) >= 11 is 0. The van der Waals surface area contributed by atoms with E-state index in [2.05, 4.69) is 49.5 Å². The van der Waals surface area contributed by atoms with E-state index in [9.17, 15) is 13.2 Å². The van der Waals surface area contributed by atoms with E-state index in [1.165, 1.54) is 32.1 Å². The Morgan fingerprint density at radius 1 is 1.15 bits per heavy atom. The lowest BCUT2D eigenvalue weighted by molar-refractivity contribution is -0.137. The molecule has 4 N–H and O–H groups in total. The first-order valence-corrected chi connectivity index (χ1v) is 10.8. The van der Waals surface area contributed by atoms with Crippen molar-refractivity contribution in [2.45, 2.75) is 51.7 Å². The van der Waals surface area contributed by atoms with Gasteiger partial charge in [0.2, 0.25) is 5.95 Å². The maximum absolute atomic E-state index is 13.3. The highest BCUT2D eigenvalue weighted by atomic mass is 19.4. The lowest BCUT2D eigenvalue weighted by atomic mass is 9.93. The number of anilines is 1. The van der Waals surface area contributed by atoms with Crippen LogP contribution in [0, 0.1) is 6.92 Å². The van der Waals surface area contributed by atoms with Crippen LogP contribution in [0.3, 0.4) is 0 Å². The molecule has 4 aromatic rings. The molecule has 1 saturated heterocycles. The number of nitrogens with zero attached hydrogens (tertiary/aromatic N) is 5. The minimum Gasteiger partial charge on any atom is -0.368 e. The molecule has 0 aromatic carbocycles. The Morgan fingerprint density at radius 2 is 1.94 bits per heavy atom. The molecule has 0 radical (unpaired) electrons. The average molecular weight is 474 g/mol. The quantitative estimate of drug-likeness (QED) is 0.386. The Balaban J connectivity index is 0.000000291. The summed E-state index contributed by atoms with van der Waals surface area (Å²) in [6.07, 6.45) is 1.54. The Kier molecular flexibility index (Phi) is 6.26. The fraction of sp³-hybridized carbons (Fsp3) is 0.409. The molecule has 180 valence electrons.